The Morgan fingerprint density at radius 1 is 0.951 bits per heavy atom. The van der Waals surface area contributed by atoms with Crippen molar-refractivity contribution in [2.75, 3.05) is 38.0 Å². The maximum absolute atomic E-state index is 15.1. The second-order valence-corrected chi connectivity index (χ2v) is 12.2. The van der Waals surface area contributed by atoms with Gasteiger partial charge in [0.05, 0.1) is 11.7 Å². The van der Waals surface area contributed by atoms with Crippen molar-refractivity contribution in [3.05, 3.63) is 59.7 Å². The minimum atomic E-state index is -0.638. The fraction of sp³-hybridized carbons (Fsp3) is 0.484. The molecule has 0 radical (unpaired) electrons. The van der Waals surface area contributed by atoms with Gasteiger partial charge in [-0.15, -0.1) is 0 Å². The standard InChI is InChI=1S/C31H40F2N8/c1-8-39-11-13-40(14-12-39)29(31(5,6)7)21-9-10-26(34-17-21)37-30-35-18-24(33)27(38-30)22-15-23(32)28-25(16-22)41(19(2)3)20(4)36-28/h9-10,15-19,29H,8,11-14H2,1-7H3,(H,34,35,37,38)/t29-/m1/s1. The largest absolute Gasteiger partial charge is 0.326 e. The van der Waals surface area contributed by atoms with Crippen molar-refractivity contribution >= 4 is 22.8 Å². The predicted molar refractivity (Wildman–Crippen MR) is 159 cm³/mol. The summed E-state index contributed by atoms with van der Waals surface area (Å²) in [5, 5.41) is 3.09. The van der Waals surface area contributed by atoms with E-state index < -0.39 is 11.6 Å². The molecule has 1 saturated heterocycles. The highest BCUT2D eigenvalue weighted by Gasteiger charge is 2.33. The minimum absolute atomic E-state index is 0.00750. The molecule has 4 aromatic rings. The van der Waals surface area contributed by atoms with Gasteiger partial charge in [-0.1, -0.05) is 33.8 Å². The highest BCUT2D eigenvalue weighted by Crippen LogP contribution is 2.38. The summed E-state index contributed by atoms with van der Waals surface area (Å²) in [6.07, 6.45) is 2.99. The van der Waals surface area contributed by atoms with E-state index in [1.54, 1.807) is 6.07 Å². The predicted octanol–water partition coefficient (Wildman–Crippen LogP) is 6.52. The van der Waals surface area contributed by atoms with E-state index in [4.69, 9.17) is 0 Å². The fourth-order valence-electron chi connectivity index (χ4n) is 6.04. The Morgan fingerprint density at radius 2 is 1.68 bits per heavy atom. The van der Waals surface area contributed by atoms with Crippen molar-refractivity contribution in [1.29, 1.82) is 0 Å². The summed E-state index contributed by atoms with van der Waals surface area (Å²) < 4.78 is 31.9. The number of likely N-dealkylation sites (N-methyl/N-ethyl adjacent to an activating group) is 1. The number of aryl methyl sites for hydroxylation is 1. The van der Waals surface area contributed by atoms with E-state index in [1.165, 1.54) is 6.07 Å². The number of benzene rings is 1. The number of piperazine rings is 1. The molecule has 10 heteroatoms. The molecule has 5 rings (SSSR count). The SMILES string of the molecule is CCN1CCN([C@H](c2ccc(Nc3ncc(F)c(-c4cc(F)c5nc(C)n(C(C)C)c5c4)n3)nc2)C(C)(C)C)CC1. The molecule has 0 amide bonds. The molecule has 1 atom stereocenters. The number of pyridine rings is 1. The average Bonchev–Trinajstić information content (AvgIpc) is 3.27. The normalized spacial score (nSPS) is 16.0. The van der Waals surface area contributed by atoms with E-state index >= 15 is 4.39 Å². The lowest BCUT2D eigenvalue weighted by Gasteiger charge is -2.44. The topological polar surface area (TPSA) is 75.0 Å². The Hall–Kier alpha value is -3.50. The molecule has 1 N–H and O–H groups in total. The fourth-order valence-corrected chi connectivity index (χ4v) is 6.04. The van der Waals surface area contributed by atoms with Gasteiger partial charge < -0.3 is 14.8 Å². The van der Waals surface area contributed by atoms with E-state index in [9.17, 15) is 4.39 Å². The highest BCUT2D eigenvalue weighted by atomic mass is 19.1. The van der Waals surface area contributed by atoms with Crippen LogP contribution in [-0.2, 0) is 0 Å². The van der Waals surface area contributed by atoms with E-state index in [0.717, 1.165) is 44.5 Å². The monoisotopic (exact) mass is 562 g/mol. The van der Waals surface area contributed by atoms with Gasteiger partial charge in [-0.3, -0.25) is 4.90 Å². The minimum Gasteiger partial charge on any atom is -0.326 e. The van der Waals surface area contributed by atoms with Gasteiger partial charge in [0.1, 0.15) is 22.9 Å². The van der Waals surface area contributed by atoms with Crippen molar-refractivity contribution < 1.29 is 8.78 Å². The van der Waals surface area contributed by atoms with Gasteiger partial charge in [0.15, 0.2) is 11.6 Å². The molecule has 0 spiro atoms. The zero-order valence-corrected chi connectivity index (χ0v) is 25.0. The van der Waals surface area contributed by atoms with E-state index in [1.807, 2.05) is 37.6 Å². The molecule has 1 aliphatic rings. The van der Waals surface area contributed by atoms with Crippen LogP contribution in [0.1, 0.15) is 65.0 Å². The first-order valence-electron chi connectivity index (χ1n) is 14.4. The molecule has 41 heavy (non-hydrogen) atoms. The Bertz CT molecular complexity index is 1520. The zero-order valence-electron chi connectivity index (χ0n) is 25.0. The first kappa shape index (κ1) is 29.0. The van der Waals surface area contributed by atoms with Crippen LogP contribution in [0.4, 0.5) is 20.5 Å². The van der Waals surface area contributed by atoms with Gasteiger partial charge in [0, 0.05) is 50.0 Å². The van der Waals surface area contributed by atoms with E-state index in [2.05, 4.69) is 68.8 Å². The van der Waals surface area contributed by atoms with Gasteiger partial charge in [-0.25, -0.2) is 28.7 Å². The van der Waals surface area contributed by atoms with Crippen molar-refractivity contribution in [2.45, 2.75) is 60.5 Å². The third-order valence-corrected chi connectivity index (χ3v) is 7.84. The molecular weight excluding hydrogens is 522 g/mol. The van der Waals surface area contributed by atoms with E-state index in [-0.39, 0.29) is 34.7 Å². The van der Waals surface area contributed by atoms with Crippen LogP contribution in [0, 0.1) is 24.0 Å². The Morgan fingerprint density at radius 3 is 2.29 bits per heavy atom. The van der Waals surface area contributed by atoms with Gasteiger partial charge >= 0.3 is 0 Å². The zero-order chi connectivity index (χ0) is 29.5. The third kappa shape index (κ3) is 5.94. The average molecular weight is 563 g/mol. The maximum Gasteiger partial charge on any atom is 0.229 e. The van der Waals surface area contributed by atoms with Gasteiger partial charge in [-0.05, 0) is 56.5 Å². The Balaban J connectivity index is 1.40. The number of anilines is 2. The number of imidazole rings is 1. The number of aromatic nitrogens is 5. The first-order chi connectivity index (χ1) is 19.5. The molecule has 8 nitrogen and oxygen atoms in total. The number of nitrogens with zero attached hydrogens (tertiary/aromatic N) is 7. The van der Waals surface area contributed by atoms with Crippen LogP contribution < -0.4 is 5.32 Å². The lowest BCUT2D eigenvalue weighted by Crippen LogP contribution is -2.49. The summed E-state index contributed by atoms with van der Waals surface area (Å²) in [5.41, 5.74) is 2.36. The maximum atomic E-state index is 15.1. The molecule has 0 saturated carbocycles. The summed E-state index contributed by atoms with van der Waals surface area (Å²) in [6.45, 7) is 20.1. The van der Waals surface area contributed by atoms with Gasteiger partial charge in [0.2, 0.25) is 5.95 Å². The number of hydrogen-bond acceptors (Lipinski definition) is 7. The molecule has 0 aliphatic carbocycles. The van der Waals surface area contributed by atoms with Crippen LogP contribution in [0.2, 0.25) is 0 Å². The number of fused-ring (bicyclic) bond motifs is 1. The second-order valence-electron chi connectivity index (χ2n) is 12.2. The molecule has 1 fully saturated rings. The molecule has 0 unspecified atom stereocenters. The van der Waals surface area contributed by atoms with Crippen molar-refractivity contribution in [3.63, 3.8) is 0 Å². The van der Waals surface area contributed by atoms with Crippen molar-refractivity contribution in [2.24, 2.45) is 5.41 Å². The molecular formula is C31H40F2N8. The highest BCUT2D eigenvalue weighted by molar-refractivity contribution is 5.83. The number of halogens is 2. The number of nitrogens with one attached hydrogen (secondary N) is 1. The quantitative estimate of drug-likeness (QED) is 0.275. The van der Waals surface area contributed by atoms with Crippen LogP contribution in [0.15, 0.2) is 36.7 Å². The molecule has 3 aromatic heterocycles. The smallest absolute Gasteiger partial charge is 0.229 e. The van der Waals surface area contributed by atoms with Gasteiger partial charge in [-0.2, -0.15) is 0 Å². The summed E-state index contributed by atoms with van der Waals surface area (Å²) in [6, 6.07) is 7.28. The van der Waals surface area contributed by atoms with Crippen LogP contribution >= 0.6 is 0 Å². The molecule has 0 bridgehead atoms. The van der Waals surface area contributed by atoms with Crippen LogP contribution in [0.5, 0.6) is 0 Å². The summed E-state index contributed by atoms with van der Waals surface area (Å²) in [7, 11) is 0. The first-order valence-corrected chi connectivity index (χ1v) is 14.4. The third-order valence-electron chi connectivity index (χ3n) is 7.84. The molecule has 1 aromatic carbocycles. The second kappa shape index (κ2) is 11.4. The summed E-state index contributed by atoms with van der Waals surface area (Å²) in [4.78, 5) is 22.6. The summed E-state index contributed by atoms with van der Waals surface area (Å²) >= 11 is 0. The Labute approximate surface area is 240 Å². The van der Waals surface area contributed by atoms with E-state index in [0.29, 0.717) is 22.7 Å². The molecule has 4 heterocycles. The lowest BCUT2D eigenvalue weighted by molar-refractivity contribution is 0.0463. The number of hydrogen-bond donors (Lipinski definition) is 1. The molecule has 218 valence electrons. The van der Waals surface area contributed by atoms with Crippen molar-refractivity contribution in [3.8, 4) is 11.3 Å². The lowest BCUT2D eigenvalue weighted by atomic mass is 9.81. The number of rotatable bonds is 7. The van der Waals surface area contributed by atoms with Crippen LogP contribution in [0.3, 0.4) is 0 Å². The Kier molecular flexibility index (Phi) is 8.07. The van der Waals surface area contributed by atoms with Gasteiger partial charge in [0.25, 0.3) is 0 Å². The van der Waals surface area contributed by atoms with Crippen LogP contribution in [0.25, 0.3) is 22.3 Å². The molecule has 1 aliphatic heterocycles. The van der Waals surface area contributed by atoms with Crippen molar-refractivity contribution in [1.82, 2.24) is 34.3 Å². The summed E-state index contributed by atoms with van der Waals surface area (Å²) in [5.74, 6) is 0.266. The van der Waals surface area contributed by atoms with Crippen LogP contribution in [-0.4, -0.2) is 67.0 Å².